The van der Waals surface area contributed by atoms with Crippen molar-refractivity contribution in [1.82, 2.24) is 14.5 Å². The van der Waals surface area contributed by atoms with Crippen molar-refractivity contribution in [3.8, 4) is 0 Å². The quantitative estimate of drug-likeness (QED) is 0.910. The van der Waals surface area contributed by atoms with Gasteiger partial charge in [-0.2, -0.15) is 0 Å². The van der Waals surface area contributed by atoms with Crippen LogP contribution in [0.15, 0.2) is 24.5 Å². The summed E-state index contributed by atoms with van der Waals surface area (Å²) in [7, 11) is 0. The Kier molecular flexibility index (Phi) is 6.41. The van der Waals surface area contributed by atoms with Gasteiger partial charge in [-0.15, -0.1) is 0 Å². The molecule has 0 aliphatic carbocycles. The number of hydrogen-bond donors (Lipinski definition) is 2. The first-order valence-corrected chi connectivity index (χ1v) is 6.13. The summed E-state index contributed by atoms with van der Waals surface area (Å²) >= 11 is 11.3. The Morgan fingerprint density at radius 2 is 2.11 bits per heavy atom. The molecule has 2 aromatic rings. The second kappa shape index (κ2) is 7.83. The highest BCUT2D eigenvalue weighted by molar-refractivity contribution is 6.40. The van der Waals surface area contributed by atoms with Gasteiger partial charge in [-0.25, -0.2) is 9.78 Å². The first kappa shape index (κ1) is 15.6. The lowest BCUT2D eigenvalue weighted by molar-refractivity contribution is 0.0615. The molecule has 0 atom stereocenters. The van der Waals surface area contributed by atoms with Gasteiger partial charge in [0, 0.05) is 19.0 Å². The van der Waals surface area contributed by atoms with Crippen LogP contribution in [-0.4, -0.2) is 32.2 Å². The molecule has 2 heterocycles. The van der Waals surface area contributed by atoms with Crippen LogP contribution in [0.2, 0.25) is 10.3 Å². The van der Waals surface area contributed by atoms with Gasteiger partial charge in [-0.3, -0.25) is 4.57 Å². The molecule has 6 nitrogen and oxygen atoms in total. The van der Waals surface area contributed by atoms with Crippen molar-refractivity contribution in [1.29, 1.82) is 0 Å². The summed E-state index contributed by atoms with van der Waals surface area (Å²) in [6.07, 6.45) is 3.75. The molecule has 0 aromatic carbocycles. The fourth-order valence-corrected chi connectivity index (χ4v) is 1.50. The fourth-order valence-electron chi connectivity index (χ4n) is 1.15. The normalized spacial score (nSPS) is 9.84. The topological polar surface area (TPSA) is 80.1 Å². The van der Waals surface area contributed by atoms with Gasteiger partial charge in [0.15, 0.2) is 5.15 Å². The maximum Gasteiger partial charge on any atom is 0.372 e. The molecule has 8 heteroatoms. The van der Waals surface area contributed by atoms with Gasteiger partial charge >= 0.3 is 5.97 Å². The van der Waals surface area contributed by atoms with Crippen molar-refractivity contribution >= 4 is 29.2 Å². The summed E-state index contributed by atoms with van der Waals surface area (Å²) in [5.74, 6) is -1.42. The van der Waals surface area contributed by atoms with Gasteiger partial charge in [0.05, 0.1) is 0 Å². The molecular formula is C11H13Cl2N3O3. The van der Waals surface area contributed by atoms with Crippen LogP contribution in [-0.2, 0) is 11.5 Å². The van der Waals surface area contributed by atoms with Crippen LogP contribution in [0.3, 0.4) is 0 Å². The Morgan fingerprint density at radius 3 is 2.53 bits per heavy atom. The van der Waals surface area contributed by atoms with E-state index in [1.807, 2.05) is 24.5 Å². The largest absolute Gasteiger partial charge is 0.475 e. The molecular weight excluding hydrogens is 293 g/mol. The van der Waals surface area contributed by atoms with E-state index in [9.17, 15) is 4.79 Å². The summed E-state index contributed by atoms with van der Waals surface area (Å²) in [5, 5.41) is 8.78. The summed E-state index contributed by atoms with van der Waals surface area (Å²) < 4.78 is 6.21. The number of carboxylic acids is 1. The highest BCUT2D eigenvalue weighted by Gasteiger charge is 2.19. The number of carbonyl (C=O) groups is 1. The number of hydrogen-bond acceptors (Lipinski definition) is 3. The molecule has 0 aliphatic rings. The van der Waals surface area contributed by atoms with Crippen LogP contribution in [0.4, 0.5) is 0 Å². The van der Waals surface area contributed by atoms with Crippen molar-refractivity contribution < 1.29 is 14.6 Å². The second-order valence-electron chi connectivity index (χ2n) is 3.26. The number of rotatable bonds is 4. The van der Waals surface area contributed by atoms with Gasteiger partial charge in [-0.05, 0) is 19.1 Å². The van der Waals surface area contributed by atoms with Crippen molar-refractivity contribution in [2.75, 3.05) is 6.61 Å². The molecule has 0 spiro atoms. The number of nitrogens with zero attached hydrogens (tertiary/aromatic N) is 2. The van der Waals surface area contributed by atoms with Crippen molar-refractivity contribution in [3.05, 3.63) is 40.7 Å². The summed E-state index contributed by atoms with van der Waals surface area (Å²) in [4.78, 5) is 17.1. The maximum atomic E-state index is 10.7. The van der Waals surface area contributed by atoms with Gasteiger partial charge in [0.2, 0.25) is 5.82 Å². The summed E-state index contributed by atoms with van der Waals surface area (Å²) in [5.41, 5.74) is 0. The van der Waals surface area contributed by atoms with Crippen molar-refractivity contribution in [2.45, 2.75) is 13.7 Å². The van der Waals surface area contributed by atoms with E-state index in [1.165, 1.54) is 4.57 Å². The lowest BCUT2D eigenvalue weighted by Crippen LogP contribution is -2.11. The van der Waals surface area contributed by atoms with Gasteiger partial charge in [0.1, 0.15) is 11.9 Å². The highest BCUT2D eigenvalue weighted by atomic mass is 35.5. The Hall–Kier alpha value is -1.50. The molecule has 0 aliphatic heterocycles. The lowest BCUT2D eigenvalue weighted by Gasteiger charge is -2.05. The smallest absolute Gasteiger partial charge is 0.372 e. The molecule has 2 rings (SSSR count). The molecule has 2 N–H and O–H groups in total. The first-order valence-electron chi connectivity index (χ1n) is 5.38. The average Bonchev–Trinajstić information content (AvgIpc) is 3.02. The molecule has 19 heavy (non-hydrogen) atoms. The lowest BCUT2D eigenvalue weighted by atomic mass is 10.6. The number of nitrogens with one attached hydrogen (secondary N) is 1. The zero-order valence-electron chi connectivity index (χ0n) is 10.1. The third-order valence-electron chi connectivity index (χ3n) is 1.98. The molecule has 0 saturated carbocycles. The summed E-state index contributed by atoms with van der Waals surface area (Å²) in [6.45, 7) is 2.26. The van der Waals surface area contributed by atoms with E-state index < -0.39 is 5.97 Å². The fraction of sp³-hybridized carbons (Fsp3) is 0.273. The van der Waals surface area contributed by atoms with Crippen molar-refractivity contribution in [2.24, 2.45) is 0 Å². The Balaban J connectivity index is 0.000000300. The van der Waals surface area contributed by atoms with Gasteiger partial charge in [0.25, 0.3) is 0 Å². The molecule has 0 radical (unpaired) electrons. The predicted octanol–water partition coefficient (Wildman–Crippen LogP) is 2.90. The predicted molar refractivity (Wildman–Crippen MR) is 71.6 cm³/mol. The Bertz CT molecular complexity index is 494. The number of carboxylic acid groups (broad SMARTS) is 1. The zero-order chi connectivity index (χ0) is 14.3. The van der Waals surface area contributed by atoms with E-state index in [0.29, 0.717) is 6.61 Å². The minimum atomic E-state index is -1.20. The van der Waals surface area contributed by atoms with Crippen molar-refractivity contribution in [3.63, 3.8) is 0 Å². The maximum absolute atomic E-state index is 10.7. The van der Waals surface area contributed by atoms with Crippen LogP contribution < -0.4 is 0 Å². The third kappa shape index (κ3) is 4.59. The number of aromatic amines is 1. The molecule has 0 amide bonds. The number of imidazole rings is 1. The number of aromatic carboxylic acids is 1. The van der Waals surface area contributed by atoms with E-state index in [0.717, 1.165) is 0 Å². The first-order chi connectivity index (χ1) is 9.07. The number of H-pyrrole nitrogens is 1. The second-order valence-corrected chi connectivity index (χ2v) is 3.97. The minimum Gasteiger partial charge on any atom is -0.475 e. The Morgan fingerprint density at radius 1 is 1.47 bits per heavy atom. The average molecular weight is 306 g/mol. The summed E-state index contributed by atoms with van der Waals surface area (Å²) in [6, 6.07) is 3.89. The molecule has 0 bridgehead atoms. The Labute approximate surface area is 119 Å². The zero-order valence-corrected chi connectivity index (χ0v) is 11.6. The number of ether oxygens (including phenoxy) is 1. The van der Waals surface area contributed by atoms with E-state index >= 15 is 0 Å². The third-order valence-corrected chi connectivity index (χ3v) is 2.72. The van der Waals surface area contributed by atoms with Crippen LogP contribution >= 0.6 is 23.2 Å². The van der Waals surface area contributed by atoms with E-state index in [4.69, 9.17) is 33.0 Å². The van der Waals surface area contributed by atoms with Gasteiger partial charge < -0.3 is 14.8 Å². The monoisotopic (exact) mass is 305 g/mol. The van der Waals surface area contributed by atoms with Crippen LogP contribution in [0.5, 0.6) is 0 Å². The molecule has 2 aromatic heterocycles. The van der Waals surface area contributed by atoms with Crippen LogP contribution in [0.25, 0.3) is 0 Å². The minimum absolute atomic E-state index is 0.0245. The van der Waals surface area contributed by atoms with E-state index in [-0.39, 0.29) is 22.9 Å². The molecule has 104 valence electrons. The molecule has 0 saturated heterocycles. The van der Waals surface area contributed by atoms with Crippen LogP contribution in [0.1, 0.15) is 17.5 Å². The standard InChI is InChI=1S/C7H8Cl2N2O3.C4H5N/c1-2-14-3-11-5(9)4(8)10-6(11)7(12)13;1-2-4-5-3-1/h2-3H2,1H3,(H,12,13);1-5H. The highest BCUT2D eigenvalue weighted by Crippen LogP contribution is 2.22. The molecule has 0 unspecified atom stereocenters. The number of aromatic nitrogens is 3. The van der Waals surface area contributed by atoms with E-state index in [1.54, 1.807) is 6.92 Å². The van der Waals surface area contributed by atoms with Gasteiger partial charge in [-0.1, -0.05) is 23.2 Å². The molecule has 0 fully saturated rings. The van der Waals surface area contributed by atoms with E-state index in [2.05, 4.69) is 9.97 Å². The SMILES string of the molecule is CCOCn1c(C(=O)O)nc(Cl)c1Cl.c1cc[nH]c1. The number of halogens is 2. The van der Waals surface area contributed by atoms with Crippen LogP contribution in [0, 0.1) is 0 Å².